The number of methoxy groups -OCH3 is 1. The van der Waals surface area contributed by atoms with Gasteiger partial charge in [0.1, 0.15) is 11.3 Å². The highest BCUT2D eigenvalue weighted by atomic mass is 19.1. The fourth-order valence-corrected chi connectivity index (χ4v) is 3.09. The van der Waals surface area contributed by atoms with E-state index in [4.69, 9.17) is 15.2 Å². The summed E-state index contributed by atoms with van der Waals surface area (Å²) in [4.78, 5) is 8.43. The normalized spacial score (nSPS) is 11.0. The molecule has 0 fully saturated rings. The maximum Gasteiger partial charge on any atom is 0.238 e. The van der Waals surface area contributed by atoms with Gasteiger partial charge >= 0.3 is 0 Å². The van der Waals surface area contributed by atoms with Crippen LogP contribution in [0.15, 0.2) is 48.9 Å². The monoisotopic (exact) mass is 382 g/mol. The topological polar surface area (TPSA) is 75.2 Å². The van der Waals surface area contributed by atoms with Gasteiger partial charge < -0.3 is 19.8 Å². The van der Waals surface area contributed by atoms with Crippen LogP contribution in [0.4, 0.5) is 14.5 Å². The Kier molecular flexibility index (Phi) is 4.31. The zero-order valence-corrected chi connectivity index (χ0v) is 15.1. The summed E-state index contributed by atoms with van der Waals surface area (Å²) in [5.74, 6) is -1.05. The molecule has 0 aliphatic heterocycles. The Bertz CT molecular complexity index is 1190. The molecule has 0 unspecified atom stereocenters. The molecule has 6 nitrogen and oxygen atoms in total. The molecule has 0 radical (unpaired) electrons. The number of nitrogen functional groups attached to an aromatic ring is 1. The molecular formula is C20H16F2N4O2. The molecule has 1 aromatic carbocycles. The van der Waals surface area contributed by atoms with Gasteiger partial charge in [-0.1, -0.05) is 0 Å². The van der Waals surface area contributed by atoms with Crippen LogP contribution in [0, 0.1) is 11.6 Å². The summed E-state index contributed by atoms with van der Waals surface area (Å²) in [5, 5.41) is 0.839. The van der Waals surface area contributed by atoms with Crippen LogP contribution in [0.25, 0.3) is 22.0 Å². The Morgan fingerprint density at radius 2 is 1.86 bits per heavy atom. The summed E-state index contributed by atoms with van der Waals surface area (Å²) in [6.45, 7) is 0. The Morgan fingerprint density at radius 3 is 2.61 bits per heavy atom. The van der Waals surface area contributed by atoms with E-state index >= 15 is 0 Å². The van der Waals surface area contributed by atoms with Crippen molar-refractivity contribution in [3.8, 4) is 28.6 Å². The lowest BCUT2D eigenvalue weighted by atomic mass is 10.1. The van der Waals surface area contributed by atoms with Crippen molar-refractivity contribution in [2.45, 2.75) is 0 Å². The van der Waals surface area contributed by atoms with Gasteiger partial charge in [-0.05, 0) is 24.3 Å². The number of hydrogen-bond donors (Lipinski definition) is 1. The van der Waals surface area contributed by atoms with E-state index in [-0.39, 0.29) is 11.6 Å². The van der Waals surface area contributed by atoms with Crippen molar-refractivity contribution in [1.29, 1.82) is 0 Å². The largest absolute Gasteiger partial charge is 0.479 e. The van der Waals surface area contributed by atoms with Crippen molar-refractivity contribution in [2.75, 3.05) is 12.8 Å². The molecule has 0 saturated heterocycles. The molecule has 28 heavy (non-hydrogen) atoms. The lowest BCUT2D eigenvalue weighted by Crippen LogP contribution is -1.96. The van der Waals surface area contributed by atoms with E-state index < -0.39 is 11.6 Å². The van der Waals surface area contributed by atoms with Gasteiger partial charge in [-0.3, -0.25) is 0 Å². The van der Waals surface area contributed by atoms with Gasteiger partial charge in [0, 0.05) is 42.0 Å². The minimum atomic E-state index is -0.826. The van der Waals surface area contributed by atoms with Crippen LogP contribution in [-0.4, -0.2) is 21.6 Å². The predicted molar refractivity (Wildman–Crippen MR) is 101 cm³/mol. The fraction of sp³-hybridized carbons (Fsp3) is 0.100. The number of aryl methyl sites for hydroxylation is 1. The lowest BCUT2D eigenvalue weighted by Gasteiger charge is -2.11. The number of rotatable bonds is 4. The van der Waals surface area contributed by atoms with Crippen LogP contribution in [-0.2, 0) is 7.05 Å². The second-order valence-corrected chi connectivity index (χ2v) is 6.17. The Labute approximate surface area is 159 Å². The first-order chi connectivity index (χ1) is 13.5. The number of pyridine rings is 2. The molecule has 0 atom stereocenters. The molecule has 3 heterocycles. The van der Waals surface area contributed by atoms with Gasteiger partial charge in [-0.2, -0.15) is 0 Å². The Balaban J connectivity index is 1.89. The summed E-state index contributed by atoms with van der Waals surface area (Å²) in [6, 6.07) is 6.59. The van der Waals surface area contributed by atoms with Gasteiger partial charge in [0.05, 0.1) is 19.0 Å². The third kappa shape index (κ3) is 2.98. The third-order valence-corrected chi connectivity index (χ3v) is 4.31. The van der Waals surface area contributed by atoms with Gasteiger partial charge in [-0.25, -0.2) is 18.7 Å². The van der Waals surface area contributed by atoms with Crippen LogP contribution < -0.4 is 15.2 Å². The number of fused-ring (bicyclic) bond motifs is 1. The highest BCUT2D eigenvalue weighted by Crippen LogP contribution is 2.39. The van der Waals surface area contributed by atoms with Crippen LogP contribution >= 0.6 is 0 Å². The molecular weight excluding hydrogens is 366 g/mol. The number of anilines is 1. The van der Waals surface area contributed by atoms with Gasteiger partial charge in [0.2, 0.25) is 11.8 Å². The van der Waals surface area contributed by atoms with Gasteiger partial charge in [0.25, 0.3) is 0 Å². The minimum absolute atomic E-state index is 0.139. The highest BCUT2D eigenvalue weighted by Gasteiger charge is 2.19. The number of nitrogens with zero attached hydrogens (tertiary/aromatic N) is 3. The van der Waals surface area contributed by atoms with Crippen LogP contribution in [0.1, 0.15) is 0 Å². The molecule has 3 aromatic heterocycles. The van der Waals surface area contributed by atoms with Crippen molar-refractivity contribution >= 4 is 16.6 Å². The summed E-state index contributed by atoms with van der Waals surface area (Å²) >= 11 is 0. The maximum absolute atomic E-state index is 14.1. The quantitative estimate of drug-likeness (QED) is 0.570. The summed E-state index contributed by atoms with van der Waals surface area (Å²) in [7, 11) is 3.40. The van der Waals surface area contributed by atoms with Gasteiger partial charge in [-0.15, -0.1) is 0 Å². The molecule has 0 saturated carbocycles. The molecule has 0 aliphatic rings. The Morgan fingerprint density at radius 1 is 1.04 bits per heavy atom. The van der Waals surface area contributed by atoms with Crippen molar-refractivity contribution in [3.63, 3.8) is 0 Å². The highest BCUT2D eigenvalue weighted by molar-refractivity contribution is 5.99. The molecule has 4 aromatic rings. The predicted octanol–water partition coefficient (Wildman–Crippen LogP) is 4.30. The van der Waals surface area contributed by atoms with Crippen LogP contribution in [0.5, 0.6) is 17.5 Å². The molecule has 0 bridgehead atoms. The first-order valence-electron chi connectivity index (χ1n) is 8.34. The first kappa shape index (κ1) is 17.7. The smallest absolute Gasteiger partial charge is 0.238 e. The van der Waals surface area contributed by atoms with E-state index in [2.05, 4.69) is 9.97 Å². The molecule has 8 heteroatoms. The molecule has 4 rings (SSSR count). The number of ether oxygens (including phenoxy) is 2. The second kappa shape index (κ2) is 6.80. The minimum Gasteiger partial charge on any atom is -0.479 e. The summed E-state index contributed by atoms with van der Waals surface area (Å²) < 4.78 is 40.1. The molecule has 0 aliphatic carbocycles. The SMILES string of the molecule is COc1nccc2c(-c3cc(N)cnc3Oc3ccc(F)cc3F)cn(C)c12. The summed E-state index contributed by atoms with van der Waals surface area (Å²) in [6.07, 6.45) is 4.90. The number of hydrogen-bond acceptors (Lipinski definition) is 5. The zero-order valence-electron chi connectivity index (χ0n) is 15.1. The summed E-state index contributed by atoms with van der Waals surface area (Å²) in [5.41, 5.74) is 8.44. The first-order valence-corrected chi connectivity index (χ1v) is 8.34. The number of aromatic nitrogens is 3. The lowest BCUT2D eigenvalue weighted by molar-refractivity contribution is 0.401. The maximum atomic E-state index is 14.1. The molecule has 2 N–H and O–H groups in total. The van der Waals surface area contributed by atoms with Crippen molar-refractivity contribution in [1.82, 2.24) is 14.5 Å². The number of halogens is 2. The average molecular weight is 382 g/mol. The fourth-order valence-electron chi connectivity index (χ4n) is 3.09. The van der Waals surface area contributed by atoms with E-state index in [9.17, 15) is 8.78 Å². The van der Waals surface area contributed by atoms with E-state index in [0.717, 1.165) is 28.6 Å². The average Bonchev–Trinajstić information content (AvgIpc) is 3.02. The zero-order chi connectivity index (χ0) is 19.8. The van der Waals surface area contributed by atoms with Crippen LogP contribution in [0.2, 0.25) is 0 Å². The number of benzene rings is 1. The molecule has 142 valence electrons. The van der Waals surface area contributed by atoms with E-state index in [1.54, 1.807) is 19.4 Å². The van der Waals surface area contributed by atoms with Crippen molar-refractivity contribution in [2.24, 2.45) is 7.05 Å². The van der Waals surface area contributed by atoms with E-state index in [1.165, 1.54) is 12.3 Å². The van der Waals surface area contributed by atoms with E-state index in [0.29, 0.717) is 17.1 Å². The molecule has 0 amide bonds. The van der Waals surface area contributed by atoms with Crippen molar-refractivity contribution < 1.29 is 18.3 Å². The second-order valence-electron chi connectivity index (χ2n) is 6.17. The standard InChI is InChI=1S/C20H16F2N4O2/c1-26-10-15(13-5-6-24-20(27-2)18(13)26)14-8-12(23)9-25-19(14)28-17-4-3-11(21)7-16(17)22/h3-10H,23H2,1-2H3. The van der Waals surface area contributed by atoms with Crippen LogP contribution in [0.3, 0.4) is 0 Å². The number of nitrogens with two attached hydrogens (primary N) is 1. The van der Waals surface area contributed by atoms with Crippen molar-refractivity contribution in [3.05, 3.63) is 60.6 Å². The molecule has 0 spiro atoms. The third-order valence-electron chi connectivity index (χ3n) is 4.31. The van der Waals surface area contributed by atoms with Gasteiger partial charge in [0.15, 0.2) is 11.6 Å². The van der Waals surface area contributed by atoms with E-state index in [1.807, 2.05) is 23.9 Å². The Hall–Kier alpha value is -3.68.